The Bertz CT molecular complexity index is 838. The molecule has 0 radical (unpaired) electrons. The molecular weight excluding hydrogens is 320 g/mol. The Morgan fingerprint density at radius 1 is 0.958 bits per heavy atom. The molecule has 0 spiro atoms. The van der Waals surface area contributed by atoms with Crippen LogP contribution in [0.1, 0.15) is 0 Å². The molecule has 0 bridgehead atoms. The Balaban J connectivity index is 1.51. The summed E-state index contributed by atoms with van der Waals surface area (Å²) in [5.74, 6) is 2.85. The second kappa shape index (κ2) is 6.24. The number of fused-ring (bicyclic) bond motifs is 1. The first-order valence-corrected chi connectivity index (χ1v) is 8.93. The molecule has 124 valence electrons. The van der Waals surface area contributed by atoms with E-state index in [1.807, 2.05) is 37.5 Å². The summed E-state index contributed by atoms with van der Waals surface area (Å²) in [7, 11) is 3.93. The number of thiophene rings is 1. The van der Waals surface area contributed by atoms with Gasteiger partial charge in [0, 0.05) is 62.8 Å². The number of anilines is 3. The van der Waals surface area contributed by atoms with Gasteiger partial charge in [-0.3, -0.25) is 0 Å². The Morgan fingerprint density at radius 2 is 1.71 bits per heavy atom. The largest absolute Gasteiger partial charge is 0.353 e. The molecule has 7 heteroatoms. The molecule has 0 N–H and O–H groups in total. The molecule has 1 saturated heterocycles. The highest BCUT2D eigenvalue weighted by molar-refractivity contribution is 7.17. The molecule has 4 heterocycles. The van der Waals surface area contributed by atoms with E-state index in [1.54, 1.807) is 11.3 Å². The van der Waals surface area contributed by atoms with E-state index in [-0.39, 0.29) is 0 Å². The van der Waals surface area contributed by atoms with Gasteiger partial charge in [0.1, 0.15) is 11.6 Å². The molecule has 3 aromatic heterocycles. The minimum absolute atomic E-state index is 0.750. The summed E-state index contributed by atoms with van der Waals surface area (Å²) in [6, 6.07) is 6.24. The number of piperazine rings is 1. The number of rotatable bonds is 3. The van der Waals surface area contributed by atoms with E-state index < -0.39 is 0 Å². The van der Waals surface area contributed by atoms with Crippen LogP contribution in [0.2, 0.25) is 0 Å². The summed E-state index contributed by atoms with van der Waals surface area (Å²) < 4.78 is 1.30. The van der Waals surface area contributed by atoms with E-state index in [0.29, 0.717) is 0 Å². The highest BCUT2D eigenvalue weighted by atomic mass is 32.1. The highest BCUT2D eigenvalue weighted by Gasteiger charge is 2.21. The number of hydrogen-bond donors (Lipinski definition) is 0. The molecule has 3 aromatic rings. The first kappa shape index (κ1) is 15.1. The molecule has 4 rings (SSSR count). The zero-order valence-corrected chi connectivity index (χ0v) is 14.7. The molecule has 0 amide bonds. The summed E-state index contributed by atoms with van der Waals surface area (Å²) in [5.41, 5.74) is 0. The van der Waals surface area contributed by atoms with Gasteiger partial charge in [-0.25, -0.2) is 9.97 Å². The van der Waals surface area contributed by atoms with Crippen molar-refractivity contribution in [1.29, 1.82) is 0 Å². The van der Waals surface area contributed by atoms with Crippen LogP contribution in [-0.4, -0.2) is 55.2 Å². The maximum atomic E-state index is 4.64. The first-order valence-electron chi connectivity index (χ1n) is 8.05. The van der Waals surface area contributed by atoms with Crippen LogP contribution < -0.4 is 14.7 Å². The fourth-order valence-corrected chi connectivity index (χ4v) is 3.79. The van der Waals surface area contributed by atoms with Crippen molar-refractivity contribution in [3.8, 4) is 0 Å². The summed E-state index contributed by atoms with van der Waals surface area (Å²) >= 11 is 1.77. The number of nitrogens with zero attached hydrogens (tertiary/aromatic N) is 6. The van der Waals surface area contributed by atoms with Crippen molar-refractivity contribution in [2.24, 2.45) is 0 Å². The van der Waals surface area contributed by atoms with Crippen molar-refractivity contribution in [3.05, 3.63) is 36.0 Å². The molecule has 6 nitrogen and oxygen atoms in total. The van der Waals surface area contributed by atoms with Crippen LogP contribution in [0.5, 0.6) is 0 Å². The van der Waals surface area contributed by atoms with E-state index in [4.69, 9.17) is 0 Å². The summed E-state index contributed by atoms with van der Waals surface area (Å²) in [6.45, 7) is 3.77. The lowest BCUT2D eigenvalue weighted by atomic mass is 10.2. The minimum Gasteiger partial charge on any atom is -0.353 e. The van der Waals surface area contributed by atoms with E-state index in [9.17, 15) is 0 Å². The van der Waals surface area contributed by atoms with Crippen molar-refractivity contribution < 1.29 is 0 Å². The number of hydrogen-bond acceptors (Lipinski definition) is 7. The second-order valence-electron chi connectivity index (χ2n) is 6.05. The molecule has 0 aromatic carbocycles. The van der Waals surface area contributed by atoms with Gasteiger partial charge in [0.25, 0.3) is 0 Å². The van der Waals surface area contributed by atoms with E-state index in [2.05, 4.69) is 42.3 Å². The zero-order valence-electron chi connectivity index (χ0n) is 13.9. The van der Waals surface area contributed by atoms with Crippen LogP contribution in [0.4, 0.5) is 17.6 Å². The van der Waals surface area contributed by atoms with Crippen molar-refractivity contribution >= 4 is 39.0 Å². The molecular formula is C17H20N6S. The predicted molar refractivity (Wildman–Crippen MR) is 100 cm³/mol. The first-order chi connectivity index (χ1) is 11.7. The van der Waals surface area contributed by atoms with Gasteiger partial charge in [-0.2, -0.15) is 4.98 Å². The van der Waals surface area contributed by atoms with Crippen LogP contribution in [0, 0.1) is 0 Å². The van der Waals surface area contributed by atoms with Crippen molar-refractivity contribution in [3.63, 3.8) is 0 Å². The molecule has 0 aliphatic carbocycles. The molecule has 1 aliphatic rings. The average Bonchev–Trinajstić information content (AvgIpc) is 3.11. The molecule has 0 unspecified atom stereocenters. The van der Waals surface area contributed by atoms with Gasteiger partial charge in [0.2, 0.25) is 5.95 Å². The van der Waals surface area contributed by atoms with Gasteiger partial charge in [-0.05, 0) is 23.6 Å². The van der Waals surface area contributed by atoms with Crippen molar-refractivity contribution in [2.75, 3.05) is 55.0 Å². The van der Waals surface area contributed by atoms with E-state index in [1.165, 1.54) is 10.1 Å². The molecule has 1 aliphatic heterocycles. The molecule has 0 atom stereocenters. The lowest BCUT2D eigenvalue weighted by Gasteiger charge is -2.36. The third kappa shape index (κ3) is 2.75. The van der Waals surface area contributed by atoms with Gasteiger partial charge >= 0.3 is 0 Å². The van der Waals surface area contributed by atoms with Crippen LogP contribution in [-0.2, 0) is 0 Å². The number of aromatic nitrogens is 3. The van der Waals surface area contributed by atoms with Crippen LogP contribution in [0.15, 0.2) is 36.0 Å². The molecule has 1 fully saturated rings. The van der Waals surface area contributed by atoms with Crippen LogP contribution in [0.25, 0.3) is 10.1 Å². The van der Waals surface area contributed by atoms with Crippen molar-refractivity contribution in [1.82, 2.24) is 15.0 Å². The molecule has 0 saturated carbocycles. The van der Waals surface area contributed by atoms with Gasteiger partial charge in [-0.1, -0.05) is 0 Å². The Morgan fingerprint density at radius 3 is 2.50 bits per heavy atom. The summed E-state index contributed by atoms with van der Waals surface area (Å²) in [5, 5.41) is 3.39. The third-order valence-electron chi connectivity index (χ3n) is 4.29. The maximum absolute atomic E-state index is 4.64. The van der Waals surface area contributed by atoms with Gasteiger partial charge in [-0.15, -0.1) is 11.3 Å². The monoisotopic (exact) mass is 340 g/mol. The standard InChI is InChI=1S/C17H20N6S/c1-21(2)17-19-7-4-15(20-17)22-8-10-23(11-9-22)16-13-5-12-24-14(13)3-6-18-16/h3-7,12H,8-11H2,1-2H3. The van der Waals surface area contributed by atoms with Crippen molar-refractivity contribution in [2.45, 2.75) is 0 Å². The van der Waals surface area contributed by atoms with Gasteiger partial charge < -0.3 is 14.7 Å². The fraction of sp³-hybridized carbons (Fsp3) is 0.353. The lowest BCUT2D eigenvalue weighted by Crippen LogP contribution is -2.47. The smallest absolute Gasteiger partial charge is 0.226 e. The topological polar surface area (TPSA) is 48.4 Å². The average molecular weight is 340 g/mol. The Kier molecular flexibility index (Phi) is 3.93. The molecule has 24 heavy (non-hydrogen) atoms. The van der Waals surface area contributed by atoms with Crippen LogP contribution in [0.3, 0.4) is 0 Å². The normalized spacial score (nSPS) is 15.1. The quantitative estimate of drug-likeness (QED) is 0.730. The summed E-state index contributed by atoms with van der Waals surface area (Å²) in [6.07, 6.45) is 3.74. The maximum Gasteiger partial charge on any atom is 0.226 e. The van der Waals surface area contributed by atoms with Gasteiger partial charge in [0.15, 0.2) is 0 Å². The Hall–Kier alpha value is -2.41. The van der Waals surface area contributed by atoms with Gasteiger partial charge in [0.05, 0.1) is 0 Å². The predicted octanol–water partition coefficient (Wildman–Crippen LogP) is 2.48. The van der Waals surface area contributed by atoms with E-state index >= 15 is 0 Å². The highest BCUT2D eigenvalue weighted by Crippen LogP contribution is 2.29. The third-order valence-corrected chi connectivity index (χ3v) is 5.17. The lowest BCUT2D eigenvalue weighted by molar-refractivity contribution is 0.642. The minimum atomic E-state index is 0.750. The van der Waals surface area contributed by atoms with E-state index in [0.717, 1.165) is 43.8 Å². The second-order valence-corrected chi connectivity index (χ2v) is 7.00. The zero-order chi connectivity index (χ0) is 16.5. The fourth-order valence-electron chi connectivity index (χ4n) is 3.01. The Labute approximate surface area is 145 Å². The SMILES string of the molecule is CN(C)c1nccc(N2CCN(c3nccc4sccc34)CC2)n1. The summed E-state index contributed by atoms with van der Waals surface area (Å²) in [4.78, 5) is 20.2. The number of pyridine rings is 1. The van der Waals surface area contributed by atoms with Crippen LogP contribution >= 0.6 is 11.3 Å².